The van der Waals surface area contributed by atoms with Crippen molar-refractivity contribution in [2.24, 2.45) is 5.41 Å². The molecule has 20 heteroatoms. The third-order valence-electron chi connectivity index (χ3n) is 11.8. The first kappa shape index (κ1) is 57.9. The normalized spacial score (nSPS) is 15.4. The maximum Gasteiger partial charge on any atom is 0.246 e. The zero-order valence-electron chi connectivity index (χ0n) is 43.6. The van der Waals surface area contributed by atoms with Crippen LogP contribution in [-0.4, -0.2) is 148 Å². The number of rotatable bonds is 29. The van der Waals surface area contributed by atoms with Crippen LogP contribution in [0.15, 0.2) is 66.4 Å². The number of benzene rings is 3. The van der Waals surface area contributed by atoms with Crippen molar-refractivity contribution in [1.29, 1.82) is 0 Å². The number of carbonyl (C=O) groups excluding carboxylic acids is 3. The van der Waals surface area contributed by atoms with Gasteiger partial charge in [-0.25, -0.2) is 19.3 Å². The molecule has 1 aliphatic heterocycles. The van der Waals surface area contributed by atoms with Gasteiger partial charge in [-0.2, -0.15) is 0 Å². The molecular formula is C54H70ClFN6O11S. The van der Waals surface area contributed by atoms with Gasteiger partial charge in [-0.1, -0.05) is 56.6 Å². The lowest BCUT2D eigenvalue weighted by molar-refractivity contribution is -0.144. The zero-order valence-corrected chi connectivity index (χ0v) is 45.2. The maximum atomic E-state index is 14.4. The number of aryl methyl sites for hydroxylation is 2. The van der Waals surface area contributed by atoms with Crippen molar-refractivity contribution in [2.45, 2.75) is 91.5 Å². The Balaban J connectivity index is 0.824. The molecule has 5 aromatic rings. The number of methoxy groups -OCH3 is 1. The predicted octanol–water partition coefficient (Wildman–Crippen LogP) is 8.59. The summed E-state index contributed by atoms with van der Waals surface area (Å²) < 4.78 is 59.5. The van der Waals surface area contributed by atoms with Crippen LogP contribution in [0.25, 0.3) is 21.3 Å². The van der Waals surface area contributed by atoms with Crippen molar-refractivity contribution in [3.05, 3.63) is 88.5 Å². The topological polar surface area (TPSA) is 191 Å². The Labute approximate surface area is 442 Å². The van der Waals surface area contributed by atoms with Crippen molar-refractivity contribution in [2.75, 3.05) is 91.6 Å². The molecule has 3 aromatic carbocycles. The van der Waals surface area contributed by atoms with E-state index in [9.17, 15) is 18.8 Å². The molecule has 17 nitrogen and oxygen atoms in total. The van der Waals surface area contributed by atoms with Crippen LogP contribution in [0.2, 0.25) is 5.02 Å². The Hall–Kier alpha value is -5.38. The molecule has 0 bridgehead atoms. The highest BCUT2D eigenvalue weighted by Gasteiger charge is 2.45. The number of ether oxygens (including phenoxy) is 8. The standard InChI is InChI=1S/C54H70ClFN6O11S/c1-35-49(74-34-59-35)37-12-9-36(10-13-37)11-16-45(63)44-28-39(73-54(5,6)7)31-62(44)52(65)50(53(2,3)4)61-48(64)32-71-24-23-69-20-19-67-17-18-68-21-22-70-25-26-72-47-29-40-43(30-46(47)66-8)57-33-58-51(40)60-38-14-15-42(56)41(55)27-38/h9-10,12-15,27,29-30,33-34,39,44,50H,11,16-26,28,31-32H2,1-8H3,(H,61,64)(H,57,58,60)/t39-,44+,50-/m1/s1. The van der Waals surface area contributed by atoms with E-state index in [-0.39, 0.29) is 62.2 Å². The Morgan fingerprint density at radius 1 is 0.824 bits per heavy atom. The van der Waals surface area contributed by atoms with Crippen LogP contribution in [0.4, 0.5) is 15.9 Å². The summed E-state index contributed by atoms with van der Waals surface area (Å²) in [7, 11) is 1.54. The number of halogens is 2. The van der Waals surface area contributed by atoms with E-state index in [0.29, 0.717) is 93.0 Å². The first-order valence-electron chi connectivity index (χ1n) is 24.8. The Morgan fingerprint density at radius 2 is 1.47 bits per heavy atom. The fourth-order valence-corrected chi connectivity index (χ4v) is 9.18. The third kappa shape index (κ3) is 17.6. The van der Waals surface area contributed by atoms with E-state index in [4.69, 9.17) is 49.5 Å². The molecule has 1 aliphatic rings. The average Bonchev–Trinajstić information content (AvgIpc) is 3.99. The lowest BCUT2D eigenvalue weighted by atomic mass is 9.85. The van der Waals surface area contributed by atoms with Crippen LogP contribution >= 0.6 is 22.9 Å². The van der Waals surface area contributed by atoms with Gasteiger partial charge in [-0.15, -0.1) is 11.3 Å². The van der Waals surface area contributed by atoms with Crippen LogP contribution in [0.3, 0.4) is 0 Å². The lowest BCUT2D eigenvalue weighted by Crippen LogP contribution is -2.57. The number of hydrogen-bond acceptors (Lipinski definition) is 16. The van der Waals surface area contributed by atoms with Gasteiger partial charge in [0.05, 0.1) is 111 Å². The van der Waals surface area contributed by atoms with Crippen LogP contribution in [-0.2, 0) is 49.2 Å². The number of nitrogens with one attached hydrogen (secondary N) is 2. The average molecular weight is 1070 g/mol. The van der Waals surface area contributed by atoms with E-state index < -0.39 is 34.8 Å². The largest absolute Gasteiger partial charge is 0.493 e. The zero-order chi connectivity index (χ0) is 53.3. The molecule has 402 valence electrons. The molecular weight excluding hydrogens is 995 g/mol. The molecule has 74 heavy (non-hydrogen) atoms. The second kappa shape index (κ2) is 28.0. The number of fused-ring (bicyclic) bond motifs is 1. The summed E-state index contributed by atoms with van der Waals surface area (Å²) in [4.78, 5) is 57.2. The number of thiazole rings is 1. The van der Waals surface area contributed by atoms with Gasteiger partial charge in [0.15, 0.2) is 17.3 Å². The highest BCUT2D eigenvalue weighted by Crippen LogP contribution is 2.36. The highest BCUT2D eigenvalue weighted by atomic mass is 35.5. The highest BCUT2D eigenvalue weighted by molar-refractivity contribution is 7.13. The Bertz CT molecular complexity index is 2610. The number of Topliss-reactive ketones (excluding diaryl/α,β-unsaturated/α-hetero) is 1. The summed E-state index contributed by atoms with van der Waals surface area (Å²) in [6, 6.07) is 14.4. The van der Waals surface area contributed by atoms with Gasteiger partial charge in [-0.05, 0) is 74.9 Å². The smallest absolute Gasteiger partial charge is 0.246 e. The summed E-state index contributed by atoms with van der Waals surface area (Å²) in [5.74, 6) is 0.129. The molecule has 3 heterocycles. The van der Waals surface area contributed by atoms with Crippen molar-refractivity contribution in [3.63, 3.8) is 0 Å². The summed E-state index contributed by atoms with van der Waals surface area (Å²) >= 11 is 7.55. The van der Waals surface area contributed by atoms with Crippen LogP contribution in [0, 0.1) is 18.2 Å². The molecule has 0 aliphatic carbocycles. The van der Waals surface area contributed by atoms with Crippen molar-refractivity contribution >= 4 is 62.9 Å². The summed E-state index contributed by atoms with van der Waals surface area (Å²) in [6.07, 6.45) is 2.27. The number of aromatic nitrogens is 3. The minimum Gasteiger partial charge on any atom is -0.493 e. The Morgan fingerprint density at radius 3 is 2.07 bits per heavy atom. The van der Waals surface area contributed by atoms with Crippen molar-refractivity contribution < 1.29 is 56.7 Å². The minimum atomic E-state index is -0.907. The molecule has 1 saturated heterocycles. The van der Waals surface area contributed by atoms with Gasteiger partial charge in [0.1, 0.15) is 37.2 Å². The minimum absolute atomic E-state index is 0.0108. The van der Waals surface area contributed by atoms with Crippen molar-refractivity contribution in [3.8, 4) is 21.9 Å². The monoisotopic (exact) mass is 1060 g/mol. The number of amides is 2. The number of likely N-dealkylation sites (tertiary alicyclic amines) is 1. The molecule has 2 N–H and O–H groups in total. The van der Waals surface area contributed by atoms with Gasteiger partial charge in [0, 0.05) is 36.5 Å². The van der Waals surface area contributed by atoms with E-state index in [1.807, 2.05) is 66.1 Å². The van der Waals surface area contributed by atoms with Gasteiger partial charge in [0.2, 0.25) is 11.8 Å². The quantitative estimate of drug-likeness (QED) is 0.0433. The molecule has 0 spiro atoms. The number of anilines is 2. The SMILES string of the molecule is COc1cc2ncnc(Nc3ccc(F)c(Cl)c3)c2cc1OCCOCCOCCOCCOCCOCC(=O)N[C@H](C(=O)N1C[C@H](OC(C)(C)C)C[C@H]1C(=O)CCc1ccc(-c2scnc2C)cc1)C(C)(C)C. The van der Waals surface area contributed by atoms with Crippen LogP contribution < -0.4 is 20.1 Å². The van der Waals surface area contributed by atoms with E-state index in [0.717, 1.165) is 21.7 Å². The van der Waals surface area contributed by atoms with Crippen LogP contribution in [0.1, 0.15) is 65.6 Å². The fourth-order valence-electron chi connectivity index (χ4n) is 8.19. The van der Waals surface area contributed by atoms with Crippen molar-refractivity contribution in [1.82, 2.24) is 25.2 Å². The van der Waals surface area contributed by atoms with Gasteiger partial charge >= 0.3 is 0 Å². The molecule has 6 rings (SSSR count). The lowest BCUT2D eigenvalue weighted by Gasteiger charge is -2.35. The molecule has 2 amide bonds. The van der Waals surface area contributed by atoms with Crippen LogP contribution in [0.5, 0.6) is 11.5 Å². The molecule has 2 aromatic heterocycles. The second-order valence-corrected chi connectivity index (χ2v) is 21.0. The molecule has 3 atom stereocenters. The van der Waals surface area contributed by atoms with Gasteiger partial charge in [-0.3, -0.25) is 14.4 Å². The molecule has 1 fully saturated rings. The molecule has 0 saturated carbocycles. The number of nitrogens with zero attached hydrogens (tertiary/aromatic N) is 4. The summed E-state index contributed by atoms with van der Waals surface area (Å²) in [5, 5.41) is 6.70. The molecule has 0 radical (unpaired) electrons. The number of ketones is 1. The van der Waals surface area contributed by atoms with E-state index in [2.05, 4.69) is 37.7 Å². The van der Waals surface area contributed by atoms with E-state index >= 15 is 0 Å². The fraction of sp³-hybridized carbons (Fsp3) is 0.519. The van der Waals surface area contributed by atoms with E-state index in [1.54, 1.807) is 41.5 Å². The number of carbonyl (C=O) groups is 3. The van der Waals surface area contributed by atoms with E-state index in [1.165, 1.54) is 18.5 Å². The third-order valence-corrected chi connectivity index (χ3v) is 13.1. The van der Waals surface area contributed by atoms with Gasteiger partial charge in [0.25, 0.3) is 0 Å². The first-order valence-corrected chi connectivity index (χ1v) is 26.0. The van der Waals surface area contributed by atoms with Gasteiger partial charge < -0.3 is 53.4 Å². The summed E-state index contributed by atoms with van der Waals surface area (Å²) in [6.45, 7) is 16.6. The Kier molecular flexibility index (Phi) is 21.9. The molecule has 0 unspecified atom stereocenters. The number of hydrogen-bond donors (Lipinski definition) is 2. The first-order chi connectivity index (χ1) is 35.4. The summed E-state index contributed by atoms with van der Waals surface area (Å²) in [5.41, 5.74) is 4.99. The predicted molar refractivity (Wildman–Crippen MR) is 282 cm³/mol. The second-order valence-electron chi connectivity index (χ2n) is 19.7. The maximum absolute atomic E-state index is 14.4.